The third kappa shape index (κ3) is 2.96. The van der Waals surface area contributed by atoms with Crippen molar-refractivity contribution in [3.63, 3.8) is 0 Å². The van der Waals surface area contributed by atoms with Gasteiger partial charge in [-0.05, 0) is 30.0 Å². The van der Waals surface area contributed by atoms with E-state index in [1.165, 1.54) is 4.90 Å². The molecule has 0 bridgehead atoms. The highest BCUT2D eigenvalue weighted by molar-refractivity contribution is 5.90. The van der Waals surface area contributed by atoms with Gasteiger partial charge in [0.05, 0.1) is 11.7 Å². The van der Waals surface area contributed by atoms with Crippen LogP contribution in [0.15, 0.2) is 54.6 Å². The van der Waals surface area contributed by atoms with Gasteiger partial charge in [-0.2, -0.15) is 0 Å². The highest BCUT2D eigenvalue weighted by Gasteiger charge is 2.31. The van der Waals surface area contributed by atoms with Crippen molar-refractivity contribution in [1.29, 1.82) is 0 Å². The first-order valence-electron chi connectivity index (χ1n) is 7.43. The fraction of sp³-hybridized carbons (Fsp3) is 0.278. The van der Waals surface area contributed by atoms with Gasteiger partial charge in [0.1, 0.15) is 13.3 Å². The van der Waals surface area contributed by atoms with Gasteiger partial charge in [-0.15, -0.1) is 0 Å². The molecule has 1 heterocycles. The van der Waals surface area contributed by atoms with Gasteiger partial charge in [0.15, 0.2) is 0 Å². The number of amides is 1. The molecule has 2 aromatic rings. The second kappa shape index (κ2) is 6.60. The predicted octanol–water partition coefficient (Wildman–Crippen LogP) is 4.11. The maximum absolute atomic E-state index is 13.3. The van der Waals surface area contributed by atoms with Gasteiger partial charge in [0, 0.05) is 0 Å². The van der Waals surface area contributed by atoms with E-state index < -0.39 is 18.8 Å². The molecule has 1 atom stereocenters. The Morgan fingerprint density at radius 2 is 1.86 bits per heavy atom. The number of aryl methyl sites for hydroxylation is 1. The molecule has 1 unspecified atom stereocenters. The van der Waals surface area contributed by atoms with E-state index in [1.54, 1.807) is 0 Å². The van der Waals surface area contributed by atoms with Crippen LogP contribution in [-0.2, 0) is 17.8 Å². The second-order valence-electron chi connectivity index (χ2n) is 5.39. The standard InChI is InChI=1S/C18H18FNO2/c19-12-16-11-10-15-8-4-5-9-17(15)20(16)18(21)22-13-14-6-2-1-3-7-14/h1-9,16H,10-13H2. The Balaban J connectivity index is 1.77. The Kier molecular flexibility index (Phi) is 4.37. The molecule has 0 aliphatic carbocycles. The van der Waals surface area contributed by atoms with Crippen molar-refractivity contribution >= 4 is 11.8 Å². The van der Waals surface area contributed by atoms with Crippen LogP contribution < -0.4 is 4.90 Å². The zero-order chi connectivity index (χ0) is 15.4. The number of carbonyl (C=O) groups is 1. The van der Waals surface area contributed by atoms with E-state index in [-0.39, 0.29) is 6.61 Å². The van der Waals surface area contributed by atoms with Gasteiger partial charge in [-0.1, -0.05) is 48.5 Å². The van der Waals surface area contributed by atoms with E-state index >= 15 is 0 Å². The van der Waals surface area contributed by atoms with Crippen LogP contribution in [0.4, 0.5) is 14.9 Å². The highest BCUT2D eigenvalue weighted by Crippen LogP contribution is 2.31. The molecule has 0 saturated heterocycles. The summed E-state index contributed by atoms with van der Waals surface area (Å²) in [6, 6.07) is 16.6. The van der Waals surface area contributed by atoms with E-state index in [0.717, 1.165) is 23.2 Å². The third-order valence-corrected chi connectivity index (χ3v) is 3.94. The Morgan fingerprint density at radius 1 is 1.14 bits per heavy atom. The van der Waals surface area contributed by atoms with Crippen LogP contribution in [0.5, 0.6) is 0 Å². The summed E-state index contributed by atoms with van der Waals surface area (Å²) in [5, 5.41) is 0. The normalized spacial score (nSPS) is 17.0. The van der Waals surface area contributed by atoms with Crippen molar-refractivity contribution in [2.75, 3.05) is 11.6 Å². The van der Waals surface area contributed by atoms with Gasteiger partial charge >= 0.3 is 6.09 Å². The number of ether oxygens (including phenoxy) is 1. The minimum Gasteiger partial charge on any atom is -0.444 e. The van der Waals surface area contributed by atoms with Crippen LogP contribution in [0.1, 0.15) is 17.5 Å². The first-order valence-corrected chi connectivity index (χ1v) is 7.43. The molecule has 1 aliphatic rings. The molecule has 1 aliphatic heterocycles. The van der Waals surface area contributed by atoms with Gasteiger partial charge in [-0.3, -0.25) is 4.90 Å². The lowest BCUT2D eigenvalue weighted by molar-refractivity contribution is 0.142. The van der Waals surface area contributed by atoms with E-state index in [4.69, 9.17) is 4.74 Å². The van der Waals surface area contributed by atoms with E-state index in [2.05, 4.69) is 0 Å². The Bertz CT molecular complexity index is 645. The van der Waals surface area contributed by atoms with Crippen LogP contribution in [0.25, 0.3) is 0 Å². The summed E-state index contributed by atoms with van der Waals surface area (Å²) < 4.78 is 18.7. The summed E-state index contributed by atoms with van der Waals surface area (Å²) in [5.74, 6) is 0. The zero-order valence-corrected chi connectivity index (χ0v) is 12.2. The van der Waals surface area contributed by atoms with Crippen LogP contribution in [0.2, 0.25) is 0 Å². The largest absolute Gasteiger partial charge is 0.444 e. The summed E-state index contributed by atoms with van der Waals surface area (Å²) in [4.78, 5) is 13.9. The van der Waals surface area contributed by atoms with Crippen LogP contribution in [0.3, 0.4) is 0 Å². The quantitative estimate of drug-likeness (QED) is 0.853. The fourth-order valence-corrected chi connectivity index (χ4v) is 2.79. The summed E-state index contributed by atoms with van der Waals surface area (Å²) in [7, 11) is 0. The van der Waals surface area contributed by atoms with Gasteiger partial charge in [-0.25, -0.2) is 9.18 Å². The Labute approximate surface area is 129 Å². The lowest BCUT2D eigenvalue weighted by Gasteiger charge is -2.34. The summed E-state index contributed by atoms with van der Waals surface area (Å²) >= 11 is 0. The van der Waals surface area contributed by atoms with Gasteiger partial charge in [0.2, 0.25) is 0 Å². The lowest BCUT2D eigenvalue weighted by atomic mass is 9.97. The molecule has 4 heteroatoms. The Hall–Kier alpha value is -2.36. The number of fused-ring (bicyclic) bond motifs is 1. The minimum atomic E-state index is -0.561. The topological polar surface area (TPSA) is 29.5 Å². The smallest absolute Gasteiger partial charge is 0.414 e. The van der Waals surface area contributed by atoms with E-state index in [9.17, 15) is 9.18 Å². The van der Waals surface area contributed by atoms with Crippen molar-refractivity contribution in [3.05, 3.63) is 65.7 Å². The highest BCUT2D eigenvalue weighted by atomic mass is 19.1. The number of nitrogens with zero attached hydrogens (tertiary/aromatic N) is 1. The van der Waals surface area contributed by atoms with Crippen molar-refractivity contribution in [2.45, 2.75) is 25.5 Å². The van der Waals surface area contributed by atoms with Gasteiger partial charge in [0.25, 0.3) is 0 Å². The molecule has 1 amide bonds. The maximum Gasteiger partial charge on any atom is 0.414 e. The number of anilines is 1. The summed E-state index contributed by atoms with van der Waals surface area (Å²) in [6.45, 7) is -0.369. The fourth-order valence-electron chi connectivity index (χ4n) is 2.79. The molecule has 3 rings (SSSR count). The number of hydrogen-bond donors (Lipinski definition) is 0. The number of benzene rings is 2. The molecular weight excluding hydrogens is 281 g/mol. The summed E-state index contributed by atoms with van der Waals surface area (Å²) in [5.41, 5.74) is 2.73. The monoisotopic (exact) mass is 299 g/mol. The predicted molar refractivity (Wildman–Crippen MR) is 83.6 cm³/mol. The molecule has 0 radical (unpaired) electrons. The maximum atomic E-state index is 13.3. The van der Waals surface area contributed by atoms with Crippen LogP contribution in [-0.4, -0.2) is 18.8 Å². The molecule has 0 N–H and O–H groups in total. The van der Waals surface area contributed by atoms with Crippen molar-refractivity contribution in [2.24, 2.45) is 0 Å². The second-order valence-corrected chi connectivity index (χ2v) is 5.39. The van der Waals surface area contributed by atoms with Crippen molar-refractivity contribution < 1.29 is 13.9 Å². The first-order chi connectivity index (χ1) is 10.8. The van der Waals surface area contributed by atoms with E-state index in [1.807, 2.05) is 54.6 Å². The molecule has 2 aromatic carbocycles. The molecule has 0 saturated carbocycles. The number of hydrogen-bond acceptors (Lipinski definition) is 2. The average molecular weight is 299 g/mol. The molecule has 0 aromatic heterocycles. The molecule has 3 nitrogen and oxygen atoms in total. The van der Waals surface area contributed by atoms with Crippen LogP contribution in [0, 0.1) is 0 Å². The SMILES string of the molecule is O=C(OCc1ccccc1)N1c2ccccc2CCC1CF. The molecule has 22 heavy (non-hydrogen) atoms. The zero-order valence-electron chi connectivity index (χ0n) is 12.2. The van der Waals surface area contributed by atoms with E-state index in [0.29, 0.717) is 6.42 Å². The molecular formula is C18H18FNO2. The minimum absolute atomic E-state index is 0.192. The van der Waals surface area contributed by atoms with Crippen molar-refractivity contribution in [1.82, 2.24) is 0 Å². The van der Waals surface area contributed by atoms with Crippen molar-refractivity contribution in [3.8, 4) is 0 Å². The number of carbonyl (C=O) groups excluding carboxylic acids is 1. The number of alkyl halides is 1. The number of para-hydroxylation sites is 1. The average Bonchev–Trinajstić information content (AvgIpc) is 2.59. The summed E-state index contributed by atoms with van der Waals surface area (Å²) in [6.07, 6.45) is 0.917. The van der Waals surface area contributed by atoms with Crippen LogP contribution >= 0.6 is 0 Å². The number of rotatable bonds is 3. The third-order valence-electron chi connectivity index (χ3n) is 3.94. The van der Waals surface area contributed by atoms with Gasteiger partial charge < -0.3 is 4.74 Å². The number of halogens is 1. The lowest BCUT2D eigenvalue weighted by Crippen LogP contribution is -2.45. The Morgan fingerprint density at radius 3 is 2.64 bits per heavy atom. The first kappa shape index (κ1) is 14.6. The molecule has 0 spiro atoms. The molecule has 114 valence electrons. The molecule has 0 fully saturated rings.